The van der Waals surface area contributed by atoms with Gasteiger partial charge in [0.15, 0.2) is 11.0 Å². The zero-order valence-corrected chi connectivity index (χ0v) is 20.6. The standard InChI is InChI=1S/C23H26N4O4S2/c1-6-12-27-20(16-10-8-9-11-17(16)30-4)25-26-23(27)32-13-18(28)24-21-19(22(29)31-5)15(7-2)14(3)33-21/h6,8-11H,1,7,12-13H2,2-5H3,(H,24,28). The van der Waals surface area contributed by atoms with Crippen molar-refractivity contribution >= 4 is 40.0 Å². The van der Waals surface area contributed by atoms with Crippen LogP contribution in [0.5, 0.6) is 5.75 Å². The number of ether oxygens (including phenoxy) is 2. The minimum atomic E-state index is -0.452. The van der Waals surface area contributed by atoms with Crippen LogP contribution >= 0.6 is 23.1 Å². The van der Waals surface area contributed by atoms with Gasteiger partial charge in [0.2, 0.25) is 5.91 Å². The Morgan fingerprint density at radius 2 is 2.03 bits per heavy atom. The summed E-state index contributed by atoms with van der Waals surface area (Å²) in [4.78, 5) is 26.0. The maximum Gasteiger partial charge on any atom is 0.341 e. The summed E-state index contributed by atoms with van der Waals surface area (Å²) in [5, 5.41) is 12.5. The van der Waals surface area contributed by atoms with Crippen molar-refractivity contribution < 1.29 is 19.1 Å². The van der Waals surface area contributed by atoms with Crippen molar-refractivity contribution in [3.8, 4) is 17.1 Å². The summed E-state index contributed by atoms with van der Waals surface area (Å²) in [7, 11) is 2.94. The average Bonchev–Trinajstić information content (AvgIpc) is 3.36. The van der Waals surface area contributed by atoms with Gasteiger partial charge >= 0.3 is 5.97 Å². The molecule has 0 aliphatic heterocycles. The third-order valence-electron chi connectivity index (χ3n) is 4.91. The molecule has 8 nitrogen and oxygen atoms in total. The highest BCUT2D eigenvalue weighted by atomic mass is 32.2. The highest BCUT2D eigenvalue weighted by Crippen LogP contribution is 2.35. The van der Waals surface area contributed by atoms with E-state index in [0.29, 0.717) is 40.3 Å². The summed E-state index contributed by atoms with van der Waals surface area (Å²) in [6, 6.07) is 7.55. The molecule has 0 aliphatic rings. The van der Waals surface area contributed by atoms with Gasteiger partial charge < -0.3 is 14.8 Å². The van der Waals surface area contributed by atoms with Crippen molar-refractivity contribution in [2.45, 2.75) is 32.0 Å². The summed E-state index contributed by atoms with van der Waals surface area (Å²) >= 11 is 2.63. The number of benzene rings is 1. The Labute approximate surface area is 201 Å². The van der Waals surface area contributed by atoms with Gasteiger partial charge in [-0.25, -0.2) is 4.79 Å². The zero-order valence-electron chi connectivity index (χ0n) is 19.0. The molecular weight excluding hydrogens is 460 g/mol. The first kappa shape index (κ1) is 24.5. The molecule has 0 spiro atoms. The molecule has 0 radical (unpaired) electrons. The van der Waals surface area contributed by atoms with Crippen molar-refractivity contribution in [1.29, 1.82) is 0 Å². The van der Waals surface area contributed by atoms with E-state index in [1.807, 2.05) is 42.7 Å². The molecule has 174 valence electrons. The molecule has 0 bridgehead atoms. The molecule has 0 atom stereocenters. The molecule has 2 aromatic heterocycles. The maximum atomic E-state index is 12.7. The van der Waals surface area contributed by atoms with Gasteiger partial charge in [0, 0.05) is 11.4 Å². The van der Waals surface area contributed by atoms with E-state index in [-0.39, 0.29) is 11.7 Å². The van der Waals surface area contributed by atoms with Crippen LogP contribution in [0.4, 0.5) is 5.00 Å². The van der Waals surface area contributed by atoms with Crippen LogP contribution in [0.25, 0.3) is 11.4 Å². The van der Waals surface area contributed by atoms with E-state index in [2.05, 4.69) is 22.1 Å². The van der Waals surface area contributed by atoms with Crippen LogP contribution in [0.3, 0.4) is 0 Å². The highest BCUT2D eigenvalue weighted by Gasteiger charge is 2.23. The van der Waals surface area contributed by atoms with E-state index in [9.17, 15) is 9.59 Å². The SMILES string of the molecule is C=CCn1c(SCC(=O)Nc2sc(C)c(CC)c2C(=O)OC)nnc1-c1ccccc1OC. The number of carbonyl (C=O) groups excluding carboxylic acids is 2. The Morgan fingerprint density at radius 1 is 1.27 bits per heavy atom. The van der Waals surface area contributed by atoms with Crippen molar-refractivity contribution in [3.63, 3.8) is 0 Å². The second-order valence-corrected chi connectivity index (χ2v) is 9.10. The normalized spacial score (nSPS) is 10.7. The number of thioether (sulfide) groups is 1. The zero-order chi connectivity index (χ0) is 24.0. The van der Waals surface area contributed by atoms with Crippen molar-refractivity contribution in [1.82, 2.24) is 14.8 Å². The number of para-hydroxylation sites is 1. The predicted octanol–water partition coefficient (Wildman–Crippen LogP) is 4.59. The lowest BCUT2D eigenvalue weighted by Gasteiger charge is -2.10. The van der Waals surface area contributed by atoms with Gasteiger partial charge in [0.05, 0.1) is 31.1 Å². The molecule has 33 heavy (non-hydrogen) atoms. The molecule has 1 N–H and O–H groups in total. The number of anilines is 1. The quantitative estimate of drug-likeness (QED) is 0.254. The fourth-order valence-electron chi connectivity index (χ4n) is 3.42. The Balaban J connectivity index is 1.80. The van der Waals surface area contributed by atoms with Crippen LogP contribution in [-0.4, -0.2) is 46.6 Å². The number of hydrogen-bond acceptors (Lipinski definition) is 8. The van der Waals surface area contributed by atoms with Crippen molar-refractivity contribution in [3.05, 3.63) is 52.9 Å². The first-order chi connectivity index (χ1) is 15.9. The molecule has 3 rings (SSSR count). The summed E-state index contributed by atoms with van der Waals surface area (Å²) in [6.07, 6.45) is 2.42. The van der Waals surface area contributed by atoms with Crippen LogP contribution < -0.4 is 10.1 Å². The fourth-order valence-corrected chi connectivity index (χ4v) is 5.32. The van der Waals surface area contributed by atoms with Crippen molar-refractivity contribution in [2.75, 3.05) is 25.3 Å². The van der Waals surface area contributed by atoms with E-state index in [4.69, 9.17) is 9.47 Å². The molecule has 0 unspecified atom stereocenters. The number of thiophene rings is 1. The fraction of sp³-hybridized carbons (Fsp3) is 0.304. The topological polar surface area (TPSA) is 95.3 Å². The van der Waals surface area contributed by atoms with Crippen LogP contribution in [0.1, 0.15) is 27.7 Å². The van der Waals surface area contributed by atoms with E-state index in [1.165, 1.54) is 30.2 Å². The number of rotatable bonds is 10. The maximum absolute atomic E-state index is 12.7. The monoisotopic (exact) mass is 486 g/mol. The minimum absolute atomic E-state index is 0.0974. The van der Waals surface area contributed by atoms with Gasteiger partial charge in [-0.3, -0.25) is 9.36 Å². The smallest absolute Gasteiger partial charge is 0.341 e. The van der Waals surface area contributed by atoms with Gasteiger partial charge in [0.25, 0.3) is 0 Å². The molecule has 0 saturated heterocycles. The molecule has 2 heterocycles. The molecule has 1 aromatic carbocycles. The second kappa shape index (κ2) is 11.2. The van der Waals surface area contributed by atoms with Crippen LogP contribution in [-0.2, 0) is 22.5 Å². The summed E-state index contributed by atoms with van der Waals surface area (Å²) in [6.45, 7) is 8.19. The Morgan fingerprint density at radius 3 is 2.70 bits per heavy atom. The van der Waals surface area contributed by atoms with Crippen LogP contribution in [0, 0.1) is 6.92 Å². The van der Waals surface area contributed by atoms with Crippen LogP contribution in [0.15, 0.2) is 42.1 Å². The summed E-state index contributed by atoms with van der Waals surface area (Å²) in [5.41, 5.74) is 2.12. The number of hydrogen-bond donors (Lipinski definition) is 1. The molecule has 0 saturated carbocycles. The Kier molecular flexibility index (Phi) is 8.29. The molecule has 0 fully saturated rings. The lowest BCUT2D eigenvalue weighted by Crippen LogP contribution is -2.16. The predicted molar refractivity (Wildman–Crippen MR) is 131 cm³/mol. The number of esters is 1. The van der Waals surface area contributed by atoms with Gasteiger partial charge in [-0.05, 0) is 31.0 Å². The summed E-state index contributed by atoms with van der Waals surface area (Å²) in [5.74, 6) is 0.706. The molecule has 1 amide bonds. The summed E-state index contributed by atoms with van der Waals surface area (Å²) < 4.78 is 12.3. The van der Waals surface area contributed by atoms with Crippen LogP contribution in [0.2, 0.25) is 0 Å². The Hall–Kier alpha value is -3.11. The van der Waals surface area contributed by atoms with Crippen molar-refractivity contribution in [2.24, 2.45) is 0 Å². The van der Waals surface area contributed by atoms with E-state index >= 15 is 0 Å². The number of carbonyl (C=O) groups is 2. The number of aryl methyl sites for hydroxylation is 1. The first-order valence-corrected chi connectivity index (χ1v) is 12.1. The Bertz CT molecular complexity index is 1170. The first-order valence-electron chi connectivity index (χ1n) is 10.3. The third kappa shape index (κ3) is 5.28. The number of methoxy groups -OCH3 is 2. The molecule has 3 aromatic rings. The van der Waals surface area contributed by atoms with E-state index in [0.717, 1.165) is 16.0 Å². The number of amides is 1. The second-order valence-electron chi connectivity index (χ2n) is 6.93. The highest BCUT2D eigenvalue weighted by molar-refractivity contribution is 7.99. The van der Waals surface area contributed by atoms with Gasteiger partial charge in [-0.1, -0.05) is 36.9 Å². The molecule has 0 aliphatic carbocycles. The average molecular weight is 487 g/mol. The van der Waals surface area contributed by atoms with Gasteiger partial charge in [-0.15, -0.1) is 28.1 Å². The number of allylic oxidation sites excluding steroid dienone is 1. The molecular formula is C23H26N4O4S2. The third-order valence-corrected chi connectivity index (χ3v) is 6.94. The van der Waals surface area contributed by atoms with Gasteiger partial charge in [0.1, 0.15) is 10.8 Å². The van der Waals surface area contributed by atoms with Gasteiger partial charge in [-0.2, -0.15) is 0 Å². The minimum Gasteiger partial charge on any atom is -0.496 e. The van der Waals surface area contributed by atoms with E-state index < -0.39 is 5.97 Å². The number of nitrogens with one attached hydrogen (secondary N) is 1. The number of aromatic nitrogens is 3. The molecule has 10 heteroatoms. The lowest BCUT2D eigenvalue weighted by molar-refractivity contribution is -0.113. The number of nitrogens with zero attached hydrogens (tertiary/aromatic N) is 3. The van der Waals surface area contributed by atoms with E-state index in [1.54, 1.807) is 13.2 Å². The lowest BCUT2D eigenvalue weighted by atomic mass is 10.1. The largest absolute Gasteiger partial charge is 0.496 e.